The summed E-state index contributed by atoms with van der Waals surface area (Å²) in [6.07, 6.45) is -4.48. The maximum Gasteiger partial charge on any atom is 0.411 e. The molecule has 0 saturated heterocycles. The third kappa shape index (κ3) is 5.77. The summed E-state index contributed by atoms with van der Waals surface area (Å²) in [6, 6.07) is 1.78. The zero-order chi connectivity index (χ0) is 16.3. The second-order valence-corrected chi connectivity index (χ2v) is 6.46. The van der Waals surface area contributed by atoms with Crippen molar-refractivity contribution in [1.29, 1.82) is 0 Å². The fraction of sp³-hybridized carbons (Fsp3) is 0.400. The lowest BCUT2D eigenvalue weighted by molar-refractivity contribution is -0.173. The molecule has 120 valence electrons. The fourth-order valence-electron chi connectivity index (χ4n) is 1.29. The van der Waals surface area contributed by atoms with Crippen LogP contribution < -0.4 is 10.5 Å². The lowest BCUT2D eigenvalue weighted by Crippen LogP contribution is -2.29. The van der Waals surface area contributed by atoms with Crippen molar-refractivity contribution in [3.8, 4) is 0 Å². The Morgan fingerprint density at radius 3 is 2.52 bits per heavy atom. The number of alkyl halides is 3. The monoisotopic (exact) mass is 394 g/mol. The highest BCUT2D eigenvalue weighted by atomic mass is 79.9. The van der Waals surface area contributed by atoms with Gasteiger partial charge in [0, 0.05) is 6.54 Å². The van der Waals surface area contributed by atoms with Crippen LogP contribution in [0.25, 0.3) is 0 Å². The van der Waals surface area contributed by atoms with E-state index in [4.69, 9.17) is 5.73 Å². The molecule has 0 aromatic heterocycles. The molecule has 0 spiro atoms. The lowest BCUT2D eigenvalue weighted by atomic mass is 10.3. The summed E-state index contributed by atoms with van der Waals surface area (Å²) in [7, 11) is -4.08. The maximum absolute atomic E-state index is 13.1. The largest absolute Gasteiger partial charge is 0.411 e. The molecule has 11 heteroatoms. The van der Waals surface area contributed by atoms with Crippen LogP contribution in [0.5, 0.6) is 0 Å². The third-order valence-electron chi connectivity index (χ3n) is 2.15. The van der Waals surface area contributed by atoms with Gasteiger partial charge in [-0.15, -0.1) is 0 Å². The fourth-order valence-corrected chi connectivity index (χ4v) is 2.94. The molecular weight excluding hydrogens is 384 g/mol. The van der Waals surface area contributed by atoms with Crippen LogP contribution in [0.2, 0.25) is 0 Å². The molecule has 3 N–H and O–H groups in total. The van der Waals surface area contributed by atoms with Crippen LogP contribution in [0.15, 0.2) is 21.5 Å². The molecule has 0 amide bonds. The molecule has 1 aromatic carbocycles. The van der Waals surface area contributed by atoms with Crippen molar-refractivity contribution in [2.24, 2.45) is 0 Å². The van der Waals surface area contributed by atoms with Crippen LogP contribution in [0, 0.1) is 5.82 Å². The minimum Gasteiger partial charge on any atom is -0.398 e. The first-order chi connectivity index (χ1) is 9.53. The van der Waals surface area contributed by atoms with E-state index in [1.165, 1.54) is 0 Å². The van der Waals surface area contributed by atoms with Gasteiger partial charge in [0.15, 0.2) is 0 Å². The topological polar surface area (TPSA) is 81.4 Å². The number of sulfonamides is 1. The Morgan fingerprint density at radius 2 is 1.95 bits per heavy atom. The molecular formula is C10H11BrF4N2O3S. The maximum atomic E-state index is 13.1. The van der Waals surface area contributed by atoms with E-state index in [0.717, 1.165) is 12.1 Å². The van der Waals surface area contributed by atoms with Crippen molar-refractivity contribution >= 4 is 31.6 Å². The Morgan fingerprint density at radius 1 is 1.33 bits per heavy atom. The Hall–Kier alpha value is -0.910. The highest BCUT2D eigenvalue weighted by Gasteiger charge is 2.27. The summed E-state index contributed by atoms with van der Waals surface area (Å²) in [5.41, 5.74) is 5.08. The second kappa shape index (κ2) is 6.90. The normalized spacial score (nSPS) is 12.6. The van der Waals surface area contributed by atoms with Gasteiger partial charge in [0.2, 0.25) is 10.0 Å². The van der Waals surface area contributed by atoms with Gasteiger partial charge in [-0.1, -0.05) is 0 Å². The number of hydrogen-bond donors (Lipinski definition) is 2. The molecule has 0 aliphatic rings. The minimum absolute atomic E-state index is 0.106. The second-order valence-electron chi connectivity index (χ2n) is 3.87. The molecule has 0 fully saturated rings. The summed E-state index contributed by atoms with van der Waals surface area (Å²) in [6.45, 7) is -2.33. The number of benzene rings is 1. The van der Waals surface area contributed by atoms with Crippen LogP contribution in [0.4, 0.5) is 23.2 Å². The average Bonchev–Trinajstić information content (AvgIpc) is 2.31. The SMILES string of the molecule is Nc1cc(F)c(Br)cc1S(=O)(=O)NCCOCC(F)(F)F. The molecule has 21 heavy (non-hydrogen) atoms. The zero-order valence-corrected chi connectivity index (χ0v) is 12.8. The first-order valence-electron chi connectivity index (χ1n) is 5.41. The number of rotatable bonds is 6. The number of nitrogens with one attached hydrogen (secondary N) is 1. The van der Waals surface area contributed by atoms with Crippen molar-refractivity contribution in [3.63, 3.8) is 0 Å². The van der Waals surface area contributed by atoms with Crippen LogP contribution in [0.3, 0.4) is 0 Å². The number of hydrogen-bond acceptors (Lipinski definition) is 4. The number of nitrogen functional groups attached to an aromatic ring is 1. The summed E-state index contributed by atoms with van der Waals surface area (Å²) in [5, 5.41) is 0. The molecule has 0 radical (unpaired) electrons. The van der Waals surface area contributed by atoms with E-state index < -0.39 is 35.2 Å². The molecule has 1 aromatic rings. The van der Waals surface area contributed by atoms with Crippen LogP contribution in [-0.4, -0.2) is 34.4 Å². The highest BCUT2D eigenvalue weighted by molar-refractivity contribution is 9.10. The van der Waals surface area contributed by atoms with Gasteiger partial charge in [0.25, 0.3) is 0 Å². The van der Waals surface area contributed by atoms with Crippen molar-refractivity contribution in [2.45, 2.75) is 11.1 Å². The van der Waals surface area contributed by atoms with Gasteiger partial charge in [-0.25, -0.2) is 17.5 Å². The molecule has 0 aliphatic carbocycles. The zero-order valence-electron chi connectivity index (χ0n) is 10.4. The Bertz CT molecular complexity index is 607. The smallest absolute Gasteiger partial charge is 0.398 e. The van der Waals surface area contributed by atoms with E-state index in [0.29, 0.717) is 0 Å². The van der Waals surface area contributed by atoms with E-state index in [9.17, 15) is 26.0 Å². The number of anilines is 1. The van der Waals surface area contributed by atoms with Crippen molar-refractivity contribution in [3.05, 3.63) is 22.4 Å². The molecule has 0 atom stereocenters. The summed E-state index contributed by atoms with van der Waals surface area (Å²) in [4.78, 5) is -0.383. The predicted molar refractivity (Wildman–Crippen MR) is 70.6 cm³/mol. The van der Waals surface area contributed by atoms with E-state index >= 15 is 0 Å². The number of ether oxygens (including phenoxy) is 1. The minimum atomic E-state index is -4.48. The van der Waals surface area contributed by atoms with Gasteiger partial charge in [-0.2, -0.15) is 13.2 Å². The van der Waals surface area contributed by atoms with Crippen molar-refractivity contribution in [1.82, 2.24) is 4.72 Å². The van der Waals surface area contributed by atoms with Crippen molar-refractivity contribution < 1.29 is 30.7 Å². The van der Waals surface area contributed by atoms with E-state index in [1.54, 1.807) is 0 Å². The molecule has 0 aliphatic heterocycles. The van der Waals surface area contributed by atoms with E-state index in [1.807, 2.05) is 4.72 Å². The molecule has 0 heterocycles. The first kappa shape index (κ1) is 18.1. The average molecular weight is 395 g/mol. The molecule has 5 nitrogen and oxygen atoms in total. The van der Waals surface area contributed by atoms with Gasteiger partial charge < -0.3 is 10.5 Å². The molecule has 0 saturated carbocycles. The van der Waals surface area contributed by atoms with E-state index in [-0.39, 0.29) is 21.6 Å². The van der Waals surface area contributed by atoms with Gasteiger partial charge >= 0.3 is 6.18 Å². The summed E-state index contributed by atoms with van der Waals surface area (Å²) >= 11 is 2.82. The Balaban J connectivity index is 2.64. The van der Waals surface area contributed by atoms with Gasteiger partial charge in [0.1, 0.15) is 17.3 Å². The highest BCUT2D eigenvalue weighted by Crippen LogP contribution is 2.25. The first-order valence-corrected chi connectivity index (χ1v) is 7.69. The van der Waals surface area contributed by atoms with Crippen molar-refractivity contribution in [2.75, 3.05) is 25.5 Å². The Labute approximate surface area is 126 Å². The van der Waals surface area contributed by atoms with E-state index in [2.05, 4.69) is 20.7 Å². The van der Waals surface area contributed by atoms with Gasteiger partial charge in [0.05, 0.1) is 16.8 Å². The van der Waals surface area contributed by atoms with Gasteiger partial charge in [-0.05, 0) is 28.1 Å². The standard InChI is InChI=1S/C10H11BrF4N2O3S/c11-6-3-9(8(16)4-7(6)12)21(18,19)17-1-2-20-5-10(13,14)15/h3-4,17H,1-2,5,16H2. The lowest BCUT2D eigenvalue weighted by Gasteiger charge is -2.11. The van der Waals surface area contributed by atoms with Crippen LogP contribution in [-0.2, 0) is 14.8 Å². The quantitative estimate of drug-likeness (QED) is 0.439. The number of nitrogens with two attached hydrogens (primary N) is 1. The number of halogens is 5. The summed E-state index contributed by atoms with van der Waals surface area (Å²) < 4.78 is 78.4. The summed E-state index contributed by atoms with van der Waals surface area (Å²) in [5.74, 6) is -0.736. The third-order valence-corrected chi connectivity index (χ3v) is 4.27. The molecule has 1 rings (SSSR count). The molecule has 0 unspecified atom stereocenters. The van der Waals surface area contributed by atoms with Crippen LogP contribution >= 0.6 is 15.9 Å². The Kier molecular flexibility index (Phi) is 5.96. The van der Waals surface area contributed by atoms with Gasteiger partial charge in [-0.3, -0.25) is 0 Å². The van der Waals surface area contributed by atoms with Crippen LogP contribution in [0.1, 0.15) is 0 Å². The molecule has 0 bridgehead atoms. The predicted octanol–water partition coefficient (Wildman–Crippen LogP) is 2.03.